The first kappa shape index (κ1) is 17.0. The number of hydrogen-bond donors (Lipinski definition) is 0. The Morgan fingerprint density at radius 3 is 2.16 bits per heavy atom. The summed E-state index contributed by atoms with van der Waals surface area (Å²) in [7, 11) is 3.52. The molecule has 0 fully saturated rings. The first-order valence-electron chi connectivity index (χ1n) is 7.70. The van der Waals surface area contributed by atoms with Gasteiger partial charge in [0.05, 0.1) is 12.7 Å². The van der Waals surface area contributed by atoms with Crippen molar-refractivity contribution in [2.45, 2.75) is 6.18 Å². The Bertz CT molecular complexity index is 886. The predicted molar refractivity (Wildman–Crippen MR) is 90.0 cm³/mol. The number of methoxy groups -OCH3 is 1. The van der Waals surface area contributed by atoms with Gasteiger partial charge in [-0.25, -0.2) is 4.57 Å². The monoisotopic (exact) mass is 344 g/mol. The molecular formula is C20H17F3NO+. The number of aryl methyl sites for hydroxylation is 1. The van der Waals surface area contributed by atoms with Crippen LogP contribution in [0.15, 0.2) is 67.0 Å². The van der Waals surface area contributed by atoms with Crippen LogP contribution >= 0.6 is 0 Å². The molecule has 25 heavy (non-hydrogen) atoms. The highest BCUT2D eigenvalue weighted by Gasteiger charge is 2.30. The molecule has 1 heterocycles. The minimum absolute atomic E-state index is 0.653. The molecule has 0 atom stereocenters. The van der Waals surface area contributed by atoms with Gasteiger partial charge < -0.3 is 4.74 Å². The summed E-state index contributed by atoms with van der Waals surface area (Å²) in [5, 5.41) is 0. The SMILES string of the molecule is COc1ccc(-c2ccc(C(F)(F)F)cc2)cc1-c1ccc[n+](C)c1. The average molecular weight is 344 g/mol. The smallest absolute Gasteiger partial charge is 0.416 e. The normalized spacial score (nSPS) is 11.4. The lowest BCUT2D eigenvalue weighted by Gasteiger charge is -2.12. The lowest BCUT2D eigenvalue weighted by molar-refractivity contribution is -0.671. The molecule has 0 aliphatic carbocycles. The van der Waals surface area contributed by atoms with Crippen molar-refractivity contribution in [2.24, 2.45) is 7.05 Å². The van der Waals surface area contributed by atoms with Gasteiger partial charge in [-0.2, -0.15) is 13.2 Å². The molecule has 0 saturated carbocycles. The topological polar surface area (TPSA) is 13.1 Å². The van der Waals surface area contributed by atoms with Gasteiger partial charge in [0.15, 0.2) is 12.4 Å². The van der Waals surface area contributed by atoms with Gasteiger partial charge in [0.25, 0.3) is 0 Å². The fourth-order valence-electron chi connectivity index (χ4n) is 2.71. The molecular weight excluding hydrogens is 327 g/mol. The molecule has 0 N–H and O–H groups in total. The molecule has 3 rings (SSSR count). The third kappa shape index (κ3) is 3.65. The van der Waals surface area contributed by atoms with Crippen molar-refractivity contribution in [3.05, 3.63) is 72.6 Å². The molecule has 0 bridgehead atoms. The maximum atomic E-state index is 12.7. The fraction of sp³-hybridized carbons (Fsp3) is 0.150. The third-order valence-corrected chi connectivity index (χ3v) is 4.00. The van der Waals surface area contributed by atoms with E-state index in [-0.39, 0.29) is 0 Å². The lowest BCUT2D eigenvalue weighted by atomic mass is 9.98. The highest BCUT2D eigenvalue weighted by Crippen LogP contribution is 2.35. The van der Waals surface area contributed by atoms with E-state index in [9.17, 15) is 13.2 Å². The largest absolute Gasteiger partial charge is 0.496 e. The van der Waals surface area contributed by atoms with Crippen molar-refractivity contribution >= 4 is 0 Å². The summed E-state index contributed by atoms with van der Waals surface area (Å²) in [6.45, 7) is 0. The molecule has 0 aliphatic heterocycles. The number of alkyl halides is 3. The van der Waals surface area contributed by atoms with Gasteiger partial charge in [-0.1, -0.05) is 18.2 Å². The van der Waals surface area contributed by atoms with Crippen LogP contribution in [0, 0.1) is 0 Å². The van der Waals surface area contributed by atoms with Crippen molar-refractivity contribution in [1.29, 1.82) is 0 Å². The molecule has 5 heteroatoms. The van der Waals surface area contributed by atoms with Crippen molar-refractivity contribution in [3.63, 3.8) is 0 Å². The zero-order valence-electron chi connectivity index (χ0n) is 13.8. The summed E-state index contributed by atoms with van der Waals surface area (Å²) in [4.78, 5) is 0. The second kappa shape index (κ2) is 6.59. The van der Waals surface area contributed by atoms with Crippen LogP contribution in [0.4, 0.5) is 13.2 Å². The van der Waals surface area contributed by atoms with Crippen molar-refractivity contribution < 1.29 is 22.5 Å². The van der Waals surface area contributed by atoms with Crippen LogP contribution in [0.1, 0.15) is 5.56 Å². The predicted octanol–water partition coefficient (Wildman–Crippen LogP) is 4.87. The van der Waals surface area contributed by atoms with E-state index in [0.29, 0.717) is 5.75 Å². The van der Waals surface area contributed by atoms with Crippen LogP contribution in [-0.2, 0) is 13.2 Å². The number of rotatable bonds is 3. The number of ether oxygens (including phenoxy) is 1. The molecule has 0 unspecified atom stereocenters. The van der Waals surface area contributed by atoms with E-state index in [1.807, 2.05) is 54.3 Å². The molecule has 0 radical (unpaired) electrons. The number of nitrogens with zero attached hydrogens (tertiary/aromatic N) is 1. The standard InChI is InChI=1S/C20H17F3NO/c1-24-11-3-4-16(13-24)18-12-15(7-10-19(18)25-2)14-5-8-17(9-6-14)20(21,22)23/h3-13H,1-2H3/q+1. The molecule has 0 spiro atoms. The van der Waals surface area contributed by atoms with E-state index in [2.05, 4.69) is 0 Å². The zero-order chi connectivity index (χ0) is 18.0. The number of pyridine rings is 1. The first-order valence-corrected chi connectivity index (χ1v) is 7.70. The second-order valence-corrected chi connectivity index (χ2v) is 5.75. The Kier molecular flexibility index (Phi) is 4.49. The average Bonchev–Trinajstić information content (AvgIpc) is 2.60. The summed E-state index contributed by atoms with van der Waals surface area (Å²) in [6.07, 6.45) is -0.438. The maximum absolute atomic E-state index is 12.7. The molecule has 0 saturated heterocycles. The van der Waals surface area contributed by atoms with Crippen LogP contribution in [0.25, 0.3) is 22.3 Å². The van der Waals surface area contributed by atoms with Crippen LogP contribution in [-0.4, -0.2) is 7.11 Å². The fourth-order valence-corrected chi connectivity index (χ4v) is 2.71. The molecule has 0 amide bonds. The highest BCUT2D eigenvalue weighted by atomic mass is 19.4. The Hall–Kier alpha value is -2.82. The minimum atomic E-state index is -4.33. The van der Waals surface area contributed by atoms with Gasteiger partial charge in [0.2, 0.25) is 0 Å². The number of benzene rings is 2. The summed E-state index contributed by atoms with van der Waals surface area (Å²) in [5.74, 6) is 0.710. The van der Waals surface area contributed by atoms with Crippen molar-refractivity contribution in [2.75, 3.05) is 7.11 Å². The van der Waals surface area contributed by atoms with Gasteiger partial charge in [-0.3, -0.25) is 0 Å². The Labute approximate surface area is 144 Å². The van der Waals surface area contributed by atoms with Crippen LogP contribution in [0.3, 0.4) is 0 Å². The summed E-state index contributed by atoms with van der Waals surface area (Å²) in [6, 6.07) is 14.7. The Morgan fingerprint density at radius 1 is 0.880 bits per heavy atom. The molecule has 3 aromatic rings. The van der Waals surface area contributed by atoms with E-state index < -0.39 is 11.7 Å². The molecule has 128 valence electrons. The Balaban J connectivity index is 2.05. The van der Waals surface area contributed by atoms with Gasteiger partial charge >= 0.3 is 6.18 Å². The van der Waals surface area contributed by atoms with E-state index in [1.54, 1.807) is 7.11 Å². The van der Waals surface area contributed by atoms with E-state index in [0.717, 1.165) is 34.4 Å². The summed E-state index contributed by atoms with van der Waals surface area (Å²) >= 11 is 0. The van der Waals surface area contributed by atoms with E-state index >= 15 is 0 Å². The summed E-state index contributed by atoms with van der Waals surface area (Å²) < 4.78 is 45.5. The first-order chi connectivity index (χ1) is 11.9. The van der Waals surface area contributed by atoms with E-state index in [1.165, 1.54) is 12.1 Å². The second-order valence-electron chi connectivity index (χ2n) is 5.75. The third-order valence-electron chi connectivity index (χ3n) is 4.00. The van der Waals surface area contributed by atoms with Gasteiger partial charge in [-0.05, 0) is 41.5 Å². The molecule has 1 aromatic heterocycles. The van der Waals surface area contributed by atoms with Crippen LogP contribution < -0.4 is 9.30 Å². The Morgan fingerprint density at radius 2 is 1.56 bits per heavy atom. The number of hydrogen-bond acceptors (Lipinski definition) is 1. The summed E-state index contributed by atoms with van der Waals surface area (Å²) in [5.41, 5.74) is 2.75. The molecule has 2 aromatic carbocycles. The van der Waals surface area contributed by atoms with Crippen LogP contribution in [0.2, 0.25) is 0 Å². The zero-order valence-corrected chi connectivity index (χ0v) is 13.8. The van der Waals surface area contributed by atoms with Gasteiger partial charge in [0.1, 0.15) is 12.8 Å². The van der Waals surface area contributed by atoms with Crippen molar-refractivity contribution in [3.8, 4) is 28.0 Å². The van der Waals surface area contributed by atoms with Gasteiger partial charge in [-0.15, -0.1) is 0 Å². The lowest BCUT2D eigenvalue weighted by Crippen LogP contribution is -2.26. The minimum Gasteiger partial charge on any atom is -0.496 e. The van der Waals surface area contributed by atoms with Crippen molar-refractivity contribution in [1.82, 2.24) is 0 Å². The maximum Gasteiger partial charge on any atom is 0.416 e. The number of aromatic nitrogens is 1. The quantitative estimate of drug-likeness (QED) is 0.618. The molecule has 0 aliphatic rings. The van der Waals surface area contributed by atoms with Gasteiger partial charge in [0, 0.05) is 17.2 Å². The molecule has 2 nitrogen and oxygen atoms in total. The highest BCUT2D eigenvalue weighted by molar-refractivity contribution is 5.77. The van der Waals surface area contributed by atoms with E-state index in [4.69, 9.17) is 4.74 Å². The van der Waals surface area contributed by atoms with Crippen LogP contribution in [0.5, 0.6) is 5.75 Å². The number of halogens is 3.